The van der Waals surface area contributed by atoms with Gasteiger partial charge < -0.3 is 10.1 Å². The van der Waals surface area contributed by atoms with Gasteiger partial charge in [0, 0.05) is 43.9 Å². The van der Waals surface area contributed by atoms with Gasteiger partial charge in [-0.3, -0.25) is 4.79 Å². The van der Waals surface area contributed by atoms with Crippen LogP contribution < -0.4 is 5.32 Å². The van der Waals surface area contributed by atoms with Crippen LogP contribution >= 0.6 is 22.7 Å². The lowest BCUT2D eigenvalue weighted by molar-refractivity contribution is -0.143. The lowest BCUT2D eigenvalue weighted by atomic mass is 9.74. The predicted octanol–water partition coefficient (Wildman–Crippen LogP) is 5.69. The zero-order valence-corrected chi connectivity index (χ0v) is 19.4. The second-order valence-corrected chi connectivity index (χ2v) is 10.3. The maximum Gasteiger partial charge on any atom is 0.337 e. The number of carbonyl (C=O) groups excluding carboxylic acids is 2. The van der Waals surface area contributed by atoms with E-state index in [1.54, 1.807) is 22.7 Å². The molecule has 3 heterocycles. The summed E-state index contributed by atoms with van der Waals surface area (Å²) in [5, 5.41) is 5.47. The number of thiophene rings is 2. The molecule has 0 aromatic carbocycles. The molecule has 0 unspecified atom stereocenters. The molecule has 2 aromatic rings. The standard InChI is InChI=1S/C24H27NO3S2/c1-5-16-8-9-20(30-16)23-21(24(27)28-13(2)3)14(4)25-17-11-15(12-18(26)22(17)23)19-7-6-10-29-19/h6-10,13,15,23,25H,5,11-12H2,1-4H3/t15-,23+/m0/s1. The van der Waals surface area contributed by atoms with E-state index in [0.29, 0.717) is 12.0 Å². The third-order valence-electron chi connectivity index (χ3n) is 5.65. The summed E-state index contributed by atoms with van der Waals surface area (Å²) in [6, 6.07) is 8.31. The average Bonchev–Trinajstić information content (AvgIpc) is 3.38. The van der Waals surface area contributed by atoms with E-state index in [4.69, 9.17) is 4.74 Å². The van der Waals surface area contributed by atoms with Crippen LogP contribution in [0.1, 0.15) is 67.0 Å². The Bertz CT molecular complexity index is 1030. The number of Topliss-reactive ketones (excluding diaryl/α,β-unsaturated/α-hetero) is 1. The van der Waals surface area contributed by atoms with E-state index in [-0.39, 0.29) is 29.7 Å². The van der Waals surface area contributed by atoms with E-state index in [1.807, 2.05) is 26.8 Å². The molecule has 0 bridgehead atoms. The number of rotatable bonds is 5. The number of ether oxygens (including phenoxy) is 1. The molecule has 158 valence electrons. The maximum atomic E-state index is 13.4. The number of nitrogens with one attached hydrogen (secondary N) is 1. The van der Waals surface area contributed by atoms with Crippen LogP contribution in [-0.2, 0) is 20.7 Å². The van der Waals surface area contributed by atoms with Gasteiger partial charge in [-0.2, -0.15) is 0 Å². The van der Waals surface area contributed by atoms with Gasteiger partial charge in [-0.25, -0.2) is 4.79 Å². The van der Waals surface area contributed by atoms with Crippen molar-refractivity contribution in [1.82, 2.24) is 5.32 Å². The molecule has 0 spiro atoms. The van der Waals surface area contributed by atoms with Crippen molar-refractivity contribution in [1.29, 1.82) is 0 Å². The van der Waals surface area contributed by atoms with Crippen molar-refractivity contribution in [2.45, 2.75) is 64.9 Å². The number of hydrogen-bond donors (Lipinski definition) is 1. The van der Waals surface area contributed by atoms with Crippen LogP contribution in [0.5, 0.6) is 0 Å². The number of hydrogen-bond acceptors (Lipinski definition) is 6. The van der Waals surface area contributed by atoms with Gasteiger partial charge in [-0.1, -0.05) is 13.0 Å². The van der Waals surface area contributed by atoms with Crippen molar-refractivity contribution < 1.29 is 14.3 Å². The Morgan fingerprint density at radius 2 is 2.03 bits per heavy atom. The highest BCUT2D eigenvalue weighted by molar-refractivity contribution is 7.12. The summed E-state index contributed by atoms with van der Waals surface area (Å²) < 4.78 is 5.58. The normalized spacial score (nSPS) is 21.7. The summed E-state index contributed by atoms with van der Waals surface area (Å²) in [7, 11) is 0. The third-order valence-corrected chi connectivity index (χ3v) is 7.98. The minimum atomic E-state index is -0.352. The van der Waals surface area contributed by atoms with E-state index in [0.717, 1.165) is 34.7 Å². The second kappa shape index (κ2) is 8.52. The maximum absolute atomic E-state index is 13.4. The smallest absolute Gasteiger partial charge is 0.337 e. The number of dihydropyridines is 1. The Hall–Kier alpha value is -2.18. The lowest BCUT2D eigenvalue weighted by Crippen LogP contribution is -2.36. The minimum absolute atomic E-state index is 0.126. The fourth-order valence-electron chi connectivity index (χ4n) is 4.34. The number of allylic oxidation sites excluding steroid dienone is 3. The molecule has 6 heteroatoms. The van der Waals surface area contributed by atoms with Gasteiger partial charge in [0.05, 0.1) is 17.6 Å². The van der Waals surface area contributed by atoms with Crippen LogP contribution in [-0.4, -0.2) is 17.9 Å². The van der Waals surface area contributed by atoms with E-state index in [9.17, 15) is 9.59 Å². The van der Waals surface area contributed by atoms with Gasteiger partial charge in [-0.15, -0.1) is 22.7 Å². The summed E-state index contributed by atoms with van der Waals surface area (Å²) >= 11 is 3.38. The van der Waals surface area contributed by atoms with Crippen LogP contribution in [0.25, 0.3) is 0 Å². The minimum Gasteiger partial charge on any atom is -0.460 e. The molecule has 0 fully saturated rings. The highest BCUT2D eigenvalue weighted by Crippen LogP contribution is 2.47. The molecule has 0 saturated heterocycles. The molecule has 2 atom stereocenters. The van der Waals surface area contributed by atoms with Gasteiger partial charge in [0.25, 0.3) is 0 Å². The third kappa shape index (κ3) is 3.91. The Balaban J connectivity index is 1.79. The molecule has 4 rings (SSSR count). The number of esters is 1. The molecule has 1 aliphatic carbocycles. The summed E-state index contributed by atoms with van der Waals surface area (Å²) in [5.74, 6) is -0.377. The van der Waals surface area contributed by atoms with Gasteiger partial charge in [0.15, 0.2) is 5.78 Å². The Morgan fingerprint density at radius 3 is 2.67 bits per heavy atom. The topological polar surface area (TPSA) is 55.4 Å². The van der Waals surface area contributed by atoms with Gasteiger partial charge in [-0.05, 0) is 57.2 Å². The van der Waals surface area contributed by atoms with E-state index >= 15 is 0 Å². The van der Waals surface area contributed by atoms with Crippen molar-refractivity contribution >= 4 is 34.4 Å². The number of aryl methyl sites for hydroxylation is 1. The summed E-state index contributed by atoms with van der Waals surface area (Å²) in [6.07, 6.45) is 1.99. The SMILES string of the molecule is CCc1ccc([C@@H]2C(C(=O)OC(C)C)=C(C)NC3=C2C(=O)C[C@@H](c2cccs2)C3)s1. The lowest BCUT2D eigenvalue weighted by Gasteiger charge is -2.36. The molecule has 1 N–H and O–H groups in total. The zero-order valence-electron chi connectivity index (χ0n) is 17.8. The van der Waals surface area contributed by atoms with Gasteiger partial charge in [0.1, 0.15) is 0 Å². The largest absolute Gasteiger partial charge is 0.460 e. The van der Waals surface area contributed by atoms with E-state index < -0.39 is 0 Å². The summed E-state index contributed by atoms with van der Waals surface area (Å²) in [5.41, 5.74) is 3.05. The summed E-state index contributed by atoms with van der Waals surface area (Å²) in [6.45, 7) is 7.74. The van der Waals surface area contributed by atoms with Crippen LogP contribution in [0.2, 0.25) is 0 Å². The Kier molecular flexibility index (Phi) is 5.98. The molecular weight excluding hydrogens is 414 g/mol. The van der Waals surface area contributed by atoms with Crippen molar-refractivity contribution in [3.05, 3.63) is 66.8 Å². The molecule has 30 heavy (non-hydrogen) atoms. The van der Waals surface area contributed by atoms with Crippen LogP contribution in [0, 0.1) is 0 Å². The fourth-order valence-corrected chi connectivity index (χ4v) is 6.24. The molecule has 2 aromatic heterocycles. The van der Waals surface area contributed by atoms with Gasteiger partial charge >= 0.3 is 5.97 Å². The van der Waals surface area contributed by atoms with Gasteiger partial charge in [0.2, 0.25) is 0 Å². The highest BCUT2D eigenvalue weighted by atomic mass is 32.1. The molecule has 2 aliphatic rings. The first-order valence-electron chi connectivity index (χ1n) is 10.5. The second-order valence-electron chi connectivity index (χ2n) is 8.14. The van der Waals surface area contributed by atoms with Crippen molar-refractivity contribution in [3.63, 3.8) is 0 Å². The van der Waals surface area contributed by atoms with Crippen LogP contribution in [0.15, 0.2) is 52.2 Å². The molecule has 0 radical (unpaired) electrons. The monoisotopic (exact) mass is 441 g/mol. The van der Waals surface area contributed by atoms with Crippen molar-refractivity contribution in [2.24, 2.45) is 0 Å². The van der Waals surface area contributed by atoms with E-state index in [2.05, 4.69) is 35.8 Å². The zero-order chi connectivity index (χ0) is 21.4. The van der Waals surface area contributed by atoms with Crippen LogP contribution in [0.3, 0.4) is 0 Å². The van der Waals surface area contributed by atoms with E-state index in [1.165, 1.54) is 9.75 Å². The van der Waals surface area contributed by atoms with Crippen molar-refractivity contribution in [2.75, 3.05) is 0 Å². The first-order chi connectivity index (χ1) is 14.4. The fraction of sp³-hybridized carbons (Fsp3) is 0.417. The van der Waals surface area contributed by atoms with Crippen molar-refractivity contribution in [3.8, 4) is 0 Å². The Morgan fingerprint density at radius 1 is 1.23 bits per heavy atom. The quantitative estimate of drug-likeness (QED) is 0.606. The molecular formula is C24H27NO3S2. The first kappa shape index (κ1) is 21.1. The molecule has 0 saturated carbocycles. The molecule has 4 nitrogen and oxygen atoms in total. The highest BCUT2D eigenvalue weighted by Gasteiger charge is 2.42. The number of ketones is 1. The Labute approximate surface area is 185 Å². The molecule has 0 amide bonds. The summed E-state index contributed by atoms with van der Waals surface area (Å²) in [4.78, 5) is 30.0. The van der Waals surface area contributed by atoms with Crippen LogP contribution in [0.4, 0.5) is 0 Å². The molecule has 1 aliphatic heterocycles. The predicted molar refractivity (Wildman–Crippen MR) is 122 cm³/mol. The average molecular weight is 442 g/mol. The first-order valence-corrected chi connectivity index (χ1v) is 12.2. The number of carbonyl (C=O) groups is 2.